The van der Waals surface area contributed by atoms with Crippen molar-refractivity contribution in [2.45, 2.75) is 38.1 Å². The Kier molecular flexibility index (Phi) is 3.37. The Hall–Kier alpha value is -0.0500. The first-order chi connectivity index (χ1) is 5.22. The van der Waals surface area contributed by atoms with Gasteiger partial charge in [0.1, 0.15) is 0 Å². The first-order valence-electron chi connectivity index (χ1n) is 4.14. The van der Waals surface area contributed by atoms with E-state index in [9.17, 15) is 4.79 Å². The number of amides is 1. The monoisotopic (exact) mass is 219 g/mol. The van der Waals surface area contributed by atoms with Crippen LogP contribution in [0.1, 0.15) is 32.1 Å². The number of carbonyl (C=O) groups is 1. The third-order valence-electron chi connectivity index (χ3n) is 2.40. The number of rotatable bonds is 1. The van der Waals surface area contributed by atoms with Gasteiger partial charge in [-0.05, 0) is 12.8 Å². The van der Waals surface area contributed by atoms with E-state index in [1.165, 1.54) is 32.1 Å². The van der Waals surface area contributed by atoms with Crippen LogP contribution >= 0.6 is 15.9 Å². The summed E-state index contributed by atoms with van der Waals surface area (Å²) in [7, 11) is 1.87. The number of nitrogens with zero attached hydrogens (tertiary/aromatic N) is 1. The zero-order valence-corrected chi connectivity index (χ0v) is 8.43. The molecule has 0 heterocycles. The molecule has 0 aliphatic heterocycles. The molecule has 3 heteroatoms. The summed E-state index contributed by atoms with van der Waals surface area (Å²) < 4.78 is 0. The maximum absolute atomic E-state index is 10.9. The van der Waals surface area contributed by atoms with Crippen molar-refractivity contribution in [2.24, 2.45) is 0 Å². The molecule has 1 aliphatic carbocycles. The molecule has 1 rings (SSSR count). The summed E-state index contributed by atoms with van der Waals surface area (Å²) in [4.78, 5) is 12.7. The van der Waals surface area contributed by atoms with Crippen LogP contribution in [0.15, 0.2) is 0 Å². The Bertz CT molecular complexity index is 143. The van der Waals surface area contributed by atoms with Gasteiger partial charge in [0.25, 0.3) is 4.82 Å². The lowest BCUT2D eigenvalue weighted by Crippen LogP contribution is -2.34. The maximum Gasteiger partial charge on any atom is 0.289 e. The van der Waals surface area contributed by atoms with Crippen LogP contribution in [0.3, 0.4) is 0 Å². The van der Waals surface area contributed by atoms with Crippen molar-refractivity contribution < 1.29 is 4.79 Å². The van der Waals surface area contributed by atoms with E-state index < -0.39 is 0 Å². The summed E-state index contributed by atoms with van der Waals surface area (Å²) >= 11 is 2.96. The fourth-order valence-corrected chi connectivity index (χ4v) is 1.90. The molecule has 1 aliphatic rings. The molecule has 2 nitrogen and oxygen atoms in total. The molecule has 0 radical (unpaired) electrons. The third kappa shape index (κ3) is 2.47. The Labute approximate surface area is 76.1 Å². The van der Waals surface area contributed by atoms with E-state index >= 15 is 0 Å². The van der Waals surface area contributed by atoms with Gasteiger partial charge in [-0.1, -0.05) is 19.3 Å². The van der Waals surface area contributed by atoms with Gasteiger partial charge in [-0.25, -0.2) is 0 Å². The fourth-order valence-electron chi connectivity index (χ4n) is 1.61. The minimum absolute atomic E-state index is 0.0180. The van der Waals surface area contributed by atoms with Gasteiger partial charge in [0.05, 0.1) is 0 Å². The van der Waals surface area contributed by atoms with Crippen LogP contribution in [0.2, 0.25) is 0 Å². The highest BCUT2D eigenvalue weighted by Crippen LogP contribution is 2.22. The summed E-state index contributed by atoms with van der Waals surface area (Å²) in [5.74, 6) is 0. The van der Waals surface area contributed by atoms with Crippen molar-refractivity contribution in [2.75, 3.05) is 7.05 Å². The van der Waals surface area contributed by atoms with E-state index in [1.807, 2.05) is 7.05 Å². The van der Waals surface area contributed by atoms with Crippen LogP contribution < -0.4 is 0 Å². The molecule has 1 fully saturated rings. The summed E-state index contributed by atoms with van der Waals surface area (Å²) in [6, 6.07) is 0.482. The molecule has 11 heavy (non-hydrogen) atoms. The van der Waals surface area contributed by atoms with Crippen molar-refractivity contribution in [1.29, 1.82) is 0 Å². The standard InChI is InChI=1S/C8H14BrNO/c1-10(8(9)11)7-5-3-2-4-6-7/h7H,2-6H2,1H3. The second-order valence-corrected chi connectivity index (χ2v) is 3.83. The zero-order chi connectivity index (χ0) is 8.27. The van der Waals surface area contributed by atoms with Crippen molar-refractivity contribution in [3.8, 4) is 0 Å². The highest BCUT2D eigenvalue weighted by atomic mass is 79.9. The summed E-state index contributed by atoms with van der Waals surface area (Å²) in [6.07, 6.45) is 6.23. The molecule has 0 N–H and O–H groups in total. The summed E-state index contributed by atoms with van der Waals surface area (Å²) in [6.45, 7) is 0. The molecule has 0 saturated heterocycles. The molecule has 0 atom stereocenters. The quantitative estimate of drug-likeness (QED) is 0.491. The van der Waals surface area contributed by atoms with Gasteiger partial charge in [-0.3, -0.25) is 4.79 Å². The van der Waals surface area contributed by atoms with Crippen molar-refractivity contribution in [3.63, 3.8) is 0 Å². The molecule has 0 bridgehead atoms. The summed E-state index contributed by atoms with van der Waals surface area (Å²) in [5.41, 5.74) is 0. The topological polar surface area (TPSA) is 20.3 Å². The van der Waals surface area contributed by atoms with E-state index in [4.69, 9.17) is 0 Å². The van der Waals surface area contributed by atoms with Crippen LogP contribution in [0.4, 0.5) is 4.79 Å². The third-order valence-corrected chi connectivity index (χ3v) is 2.96. The van der Waals surface area contributed by atoms with Crippen LogP contribution in [-0.4, -0.2) is 22.8 Å². The Morgan fingerprint density at radius 3 is 2.36 bits per heavy atom. The number of hydrogen-bond acceptors (Lipinski definition) is 1. The average Bonchev–Trinajstić information content (AvgIpc) is 2.05. The van der Waals surface area contributed by atoms with Crippen LogP contribution in [0, 0.1) is 0 Å². The van der Waals surface area contributed by atoms with Gasteiger partial charge < -0.3 is 4.90 Å². The minimum Gasteiger partial charge on any atom is -0.333 e. The van der Waals surface area contributed by atoms with Crippen molar-refractivity contribution >= 4 is 20.7 Å². The molecule has 1 amide bonds. The molecule has 0 spiro atoms. The highest BCUT2D eigenvalue weighted by Gasteiger charge is 2.19. The average molecular weight is 220 g/mol. The van der Waals surface area contributed by atoms with E-state index in [-0.39, 0.29) is 4.82 Å². The van der Waals surface area contributed by atoms with Crippen molar-refractivity contribution in [3.05, 3.63) is 0 Å². The lowest BCUT2D eigenvalue weighted by atomic mass is 9.95. The van der Waals surface area contributed by atoms with E-state index in [2.05, 4.69) is 15.9 Å². The fraction of sp³-hybridized carbons (Fsp3) is 0.875. The molecule has 1 saturated carbocycles. The predicted octanol–water partition coefficient (Wildman–Crippen LogP) is 2.77. The zero-order valence-electron chi connectivity index (χ0n) is 6.85. The smallest absolute Gasteiger partial charge is 0.289 e. The van der Waals surface area contributed by atoms with Gasteiger partial charge in [0, 0.05) is 29.0 Å². The van der Waals surface area contributed by atoms with Crippen LogP contribution in [-0.2, 0) is 0 Å². The lowest BCUT2D eigenvalue weighted by Gasteiger charge is -2.29. The minimum atomic E-state index is 0.0180. The van der Waals surface area contributed by atoms with Gasteiger partial charge in [-0.15, -0.1) is 0 Å². The summed E-state index contributed by atoms with van der Waals surface area (Å²) in [5, 5.41) is 0. The van der Waals surface area contributed by atoms with Gasteiger partial charge in [-0.2, -0.15) is 0 Å². The highest BCUT2D eigenvalue weighted by molar-refractivity contribution is 9.18. The lowest BCUT2D eigenvalue weighted by molar-refractivity contribution is 0.198. The normalized spacial score (nSPS) is 19.8. The van der Waals surface area contributed by atoms with Crippen LogP contribution in [0.25, 0.3) is 0 Å². The second kappa shape index (κ2) is 4.10. The maximum atomic E-state index is 10.9. The molecular weight excluding hydrogens is 206 g/mol. The van der Waals surface area contributed by atoms with E-state index in [1.54, 1.807) is 4.90 Å². The first-order valence-corrected chi connectivity index (χ1v) is 4.93. The van der Waals surface area contributed by atoms with E-state index in [0.717, 1.165) is 0 Å². The molecule has 0 aromatic rings. The SMILES string of the molecule is CN(C(=O)Br)C1CCCCC1. The van der Waals surface area contributed by atoms with Gasteiger partial charge in [0.15, 0.2) is 0 Å². The molecule has 0 unspecified atom stereocenters. The van der Waals surface area contributed by atoms with Crippen molar-refractivity contribution in [1.82, 2.24) is 4.90 Å². The van der Waals surface area contributed by atoms with Gasteiger partial charge in [0.2, 0.25) is 0 Å². The first kappa shape index (κ1) is 9.04. The molecular formula is C8H14BrNO. The number of halogens is 1. The largest absolute Gasteiger partial charge is 0.333 e. The Morgan fingerprint density at radius 1 is 1.36 bits per heavy atom. The molecule has 64 valence electrons. The van der Waals surface area contributed by atoms with Crippen LogP contribution in [0.5, 0.6) is 0 Å². The molecule has 0 aromatic carbocycles. The van der Waals surface area contributed by atoms with Gasteiger partial charge >= 0.3 is 0 Å². The Balaban J connectivity index is 2.38. The number of carbonyl (C=O) groups excluding carboxylic acids is 1. The second-order valence-electron chi connectivity index (χ2n) is 3.16. The van der Waals surface area contributed by atoms with E-state index in [0.29, 0.717) is 6.04 Å². The Morgan fingerprint density at radius 2 is 1.91 bits per heavy atom. The predicted molar refractivity (Wildman–Crippen MR) is 49.0 cm³/mol. The number of hydrogen-bond donors (Lipinski definition) is 0. The molecule has 0 aromatic heterocycles.